The highest BCUT2D eigenvalue weighted by atomic mass is 19.2. The van der Waals surface area contributed by atoms with E-state index in [-0.39, 0.29) is 19.2 Å². The van der Waals surface area contributed by atoms with E-state index in [0.29, 0.717) is 12.5 Å². The van der Waals surface area contributed by atoms with Crippen molar-refractivity contribution in [2.45, 2.75) is 20.3 Å². The molecular weight excluding hydrogens is 301 g/mol. The van der Waals surface area contributed by atoms with Gasteiger partial charge < -0.3 is 15.7 Å². The van der Waals surface area contributed by atoms with Crippen molar-refractivity contribution in [3.63, 3.8) is 0 Å². The molecule has 0 heterocycles. The van der Waals surface area contributed by atoms with E-state index in [1.165, 1.54) is 0 Å². The summed E-state index contributed by atoms with van der Waals surface area (Å²) in [4.78, 5) is 23.2. The SMILES string of the molecule is CC(C)(CCO)CNC(=O)C(=O)Nc1cc(F)c(F)cc1F. The van der Waals surface area contributed by atoms with Crippen molar-refractivity contribution >= 4 is 17.5 Å². The highest BCUT2D eigenvalue weighted by Gasteiger charge is 2.22. The molecule has 22 heavy (non-hydrogen) atoms. The molecule has 0 unspecified atom stereocenters. The maximum absolute atomic E-state index is 13.3. The maximum Gasteiger partial charge on any atom is 0.313 e. The lowest BCUT2D eigenvalue weighted by Gasteiger charge is -2.23. The number of aliphatic hydroxyl groups is 1. The molecule has 0 bridgehead atoms. The van der Waals surface area contributed by atoms with Gasteiger partial charge >= 0.3 is 11.8 Å². The lowest BCUT2D eigenvalue weighted by Crippen LogP contribution is -2.40. The average molecular weight is 318 g/mol. The first kappa shape index (κ1) is 18.0. The number of benzene rings is 1. The Morgan fingerprint density at radius 1 is 1.09 bits per heavy atom. The zero-order valence-electron chi connectivity index (χ0n) is 12.2. The molecule has 0 aliphatic rings. The first-order valence-electron chi connectivity index (χ1n) is 6.51. The Labute approximate surface area is 125 Å². The van der Waals surface area contributed by atoms with Gasteiger partial charge in [-0.15, -0.1) is 0 Å². The summed E-state index contributed by atoms with van der Waals surface area (Å²) in [5.41, 5.74) is -1.06. The smallest absolute Gasteiger partial charge is 0.313 e. The molecule has 2 amide bonds. The molecule has 8 heteroatoms. The summed E-state index contributed by atoms with van der Waals surface area (Å²) < 4.78 is 39.1. The van der Waals surface area contributed by atoms with Gasteiger partial charge in [0.2, 0.25) is 0 Å². The summed E-state index contributed by atoms with van der Waals surface area (Å²) in [6.45, 7) is 3.59. The molecule has 0 aliphatic heterocycles. The molecular formula is C14H17F3N2O3. The van der Waals surface area contributed by atoms with Crippen LogP contribution >= 0.6 is 0 Å². The summed E-state index contributed by atoms with van der Waals surface area (Å²) in [5.74, 6) is -6.19. The molecule has 1 aromatic carbocycles. The molecule has 0 fully saturated rings. The van der Waals surface area contributed by atoms with Crippen LogP contribution in [0.4, 0.5) is 18.9 Å². The molecule has 0 radical (unpaired) electrons. The Hall–Kier alpha value is -2.09. The molecule has 1 rings (SSSR count). The predicted octanol–water partition coefficient (Wildman–Crippen LogP) is 1.57. The zero-order valence-corrected chi connectivity index (χ0v) is 12.2. The monoisotopic (exact) mass is 318 g/mol. The van der Waals surface area contributed by atoms with Gasteiger partial charge in [0.25, 0.3) is 0 Å². The fourth-order valence-corrected chi connectivity index (χ4v) is 1.59. The first-order valence-corrected chi connectivity index (χ1v) is 6.51. The molecule has 0 saturated carbocycles. The van der Waals surface area contributed by atoms with Gasteiger partial charge in [-0.1, -0.05) is 13.8 Å². The average Bonchev–Trinajstić information content (AvgIpc) is 2.42. The Kier molecular flexibility index (Phi) is 5.92. The summed E-state index contributed by atoms with van der Waals surface area (Å²) in [6, 6.07) is 0.721. The number of amides is 2. The maximum atomic E-state index is 13.3. The van der Waals surface area contributed by atoms with Crippen LogP contribution in [0.3, 0.4) is 0 Å². The summed E-state index contributed by atoms with van der Waals surface area (Å²) >= 11 is 0. The summed E-state index contributed by atoms with van der Waals surface area (Å²) in [5, 5.41) is 13.0. The number of anilines is 1. The van der Waals surface area contributed by atoms with E-state index in [1.807, 2.05) is 5.32 Å². The van der Waals surface area contributed by atoms with Crippen molar-refractivity contribution in [3.05, 3.63) is 29.6 Å². The van der Waals surface area contributed by atoms with Crippen LogP contribution in [-0.4, -0.2) is 30.1 Å². The van der Waals surface area contributed by atoms with Gasteiger partial charge in [-0.05, 0) is 11.8 Å². The number of hydrogen-bond acceptors (Lipinski definition) is 3. The Morgan fingerprint density at radius 2 is 1.68 bits per heavy atom. The van der Waals surface area contributed by atoms with Crippen LogP contribution in [0.1, 0.15) is 20.3 Å². The van der Waals surface area contributed by atoms with Gasteiger partial charge in [-0.2, -0.15) is 0 Å². The molecule has 0 aromatic heterocycles. The highest BCUT2D eigenvalue weighted by Crippen LogP contribution is 2.19. The van der Waals surface area contributed by atoms with Gasteiger partial charge in [0.1, 0.15) is 5.82 Å². The topological polar surface area (TPSA) is 78.4 Å². The molecule has 0 saturated heterocycles. The van der Waals surface area contributed by atoms with Crippen LogP contribution in [0.15, 0.2) is 12.1 Å². The van der Waals surface area contributed by atoms with Gasteiger partial charge in [0, 0.05) is 25.3 Å². The van der Waals surface area contributed by atoms with Crippen molar-refractivity contribution in [3.8, 4) is 0 Å². The number of carbonyl (C=O) groups excluding carboxylic acids is 2. The Morgan fingerprint density at radius 3 is 2.27 bits per heavy atom. The zero-order chi connectivity index (χ0) is 16.9. The third kappa shape index (κ3) is 5.03. The van der Waals surface area contributed by atoms with Gasteiger partial charge in [0.05, 0.1) is 5.69 Å². The van der Waals surface area contributed by atoms with Gasteiger partial charge in [-0.25, -0.2) is 13.2 Å². The number of nitrogens with one attached hydrogen (secondary N) is 2. The lowest BCUT2D eigenvalue weighted by molar-refractivity contribution is -0.136. The standard InChI is InChI=1S/C14H17F3N2O3/c1-14(2,3-4-20)7-18-12(21)13(22)19-11-6-9(16)8(15)5-10(11)17/h5-6,20H,3-4,7H2,1-2H3,(H,18,21)(H,19,22). The molecule has 0 atom stereocenters. The Balaban J connectivity index is 2.66. The predicted molar refractivity (Wildman–Crippen MR) is 73.4 cm³/mol. The van der Waals surface area contributed by atoms with E-state index in [4.69, 9.17) is 5.11 Å². The minimum atomic E-state index is -1.40. The number of rotatable bonds is 5. The number of carbonyl (C=O) groups is 2. The van der Waals surface area contributed by atoms with E-state index in [9.17, 15) is 22.8 Å². The number of halogens is 3. The van der Waals surface area contributed by atoms with Gasteiger partial charge in [-0.3, -0.25) is 9.59 Å². The third-order valence-corrected chi connectivity index (χ3v) is 2.98. The Bertz CT molecular complexity index is 577. The number of hydrogen-bond donors (Lipinski definition) is 3. The fraction of sp³-hybridized carbons (Fsp3) is 0.429. The lowest BCUT2D eigenvalue weighted by atomic mass is 9.90. The van der Waals surface area contributed by atoms with E-state index >= 15 is 0 Å². The van der Waals surface area contributed by atoms with Crippen molar-refractivity contribution in [2.24, 2.45) is 5.41 Å². The molecule has 0 aliphatic carbocycles. The third-order valence-electron chi connectivity index (χ3n) is 2.98. The number of aliphatic hydroxyl groups excluding tert-OH is 1. The molecule has 3 N–H and O–H groups in total. The highest BCUT2D eigenvalue weighted by molar-refractivity contribution is 6.39. The van der Waals surface area contributed by atoms with Gasteiger partial charge in [0.15, 0.2) is 11.6 Å². The summed E-state index contributed by atoms with van der Waals surface area (Å²) in [6.07, 6.45) is 0.409. The van der Waals surface area contributed by atoms with Crippen molar-refractivity contribution in [1.29, 1.82) is 0 Å². The van der Waals surface area contributed by atoms with Crippen molar-refractivity contribution in [1.82, 2.24) is 5.32 Å². The summed E-state index contributed by atoms with van der Waals surface area (Å²) in [7, 11) is 0. The van der Waals surface area contributed by atoms with E-state index in [0.717, 1.165) is 0 Å². The minimum Gasteiger partial charge on any atom is -0.396 e. The largest absolute Gasteiger partial charge is 0.396 e. The second-order valence-electron chi connectivity index (χ2n) is 5.52. The molecule has 0 spiro atoms. The van der Waals surface area contributed by atoms with Crippen LogP contribution in [0, 0.1) is 22.9 Å². The van der Waals surface area contributed by atoms with Crippen molar-refractivity contribution < 1.29 is 27.9 Å². The van der Waals surface area contributed by atoms with Crippen LogP contribution < -0.4 is 10.6 Å². The van der Waals surface area contributed by atoms with Crippen molar-refractivity contribution in [2.75, 3.05) is 18.5 Å². The minimum absolute atomic E-state index is 0.0743. The van der Waals surface area contributed by atoms with E-state index in [2.05, 4.69) is 5.32 Å². The van der Waals surface area contributed by atoms with E-state index in [1.54, 1.807) is 13.8 Å². The first-order chi connectivity index (χ1) is 10.2. The molecule has 1 aromatic rings. The van der Waals surface area contributed by atoms with E-state index < -0.39 is 40.4 Å². The quantitative estimate of drug-likeness (QED) is 0.569. The second kappa shape index (κ2) is 7.26. The van der Waals surface area contributed by atoms with Crippen LogP contribution in [0.2, 0.25) is 0 Å². The van der Waals surface area contributed by atoms with Crippen LogP contribution in [0.5, 0.6) is 0 Å². The molecule has 122 valence electrons. The van der Waals surface area contributed by atoms with Crippen LogP contribution in [0.25, 0.3) is 0 Å². The molecule has 5 nitrogen and oxygen atoms in total. The second-order valence-corrected chi connectivity index (χ2v) is 5.52. The normalized spacial score (nSPS) is 11.2. The van der Waals surface area contributed by atoms with Crippen LogP contribution in [-0.2, 0) is 9.59 Å². The fourth-order valence-electron chi connectivity index (χ4n) is 1.59.